The number of aliphatic hydroxyl groups is 1. The first-order valence-corrected chi connectivity index (χ1v) is 10.00. The van der Waals surface area contributed by atoms with Gasteiger partial charge in [-0.1, -0.05) is 72.8 Å². The summed E-state index contributed by atoms with van der Waals surface area (Å²) >= 11 is 0. The number of amides is 1. The maximum atomic E-state index is 12.9. The van der Waals surface area contributed by atoms with Gasteiger partial charge in [-0.2, -0.15) is 0 Å². The Morgan fingerprint density at radius 3 is 2.00 bits per heavy atom. The number of hydrogen-bond acceptors (Lipinski definition) is 5. The van der Waals surface area contributed by atoms with Gasteiger partial charge in [0.15, 0.2) is 6.04 Å². The Hall–Kier alpha value is -3.64. The van der Waals surface area contributed by atoms with Gasteiger partial charge in [0.05, 0.1) is 11.7 Å². The van der Waals surface area contributed by atoms with Crippen LogP contribution in [0.2, 0.25) is 0 Å². The van der Waals surface area contributed by atoms with E-state index in [4.69, 9.17) is 9.47 Å². The molecule has 3 rings (SSSR count). The number of para-hydroxylation sites is 1. The van der Waals surface area contributed by atoms with Gasteiger partial charge in [-0.25, -0.2) is 4.79 Å². The Morgan fingerprint density at radius 1 is 0.839 bits per heavy atom. The fraction of sp³-hybridized carbons (Fsp3) is 0.200. The number of carbonyl (C=O) groups is 2. The fourth-order valence-electron chi connectivity index (χ4n) is 2.93. The second-order valence-corrected chi connectivity index (χ2v) is 7.06. The predicted octanol–water partition coefficient (Wildman–Crippen LogP) is 3.49. The van der Waals surface area contributed by atoms with E-state index in [1.807, 2.05) is 60.7 Å². The lowest BCUT2D eigenvalue weighted by Gasteiger charge is -2.21. The van der Waals surface area contributed by atoms with Crippen LogP contribution < -0.4 is 10.1 Å². The average Bonchev–Trinajstić information content (AvgIpc) is 2.81. The van der Waals surface area contributed by atoms with Crippen molar-refractivity contribution in [1.82, 2.24) is 5.32 Å². The van der Waals surface area contributed by atoms with Crippen molar-refractivity contribution >= 4 is 11.9 Å². The molecule has 3 aromatic carbocycles. The third-order valence-corrected chi connectivity index (χ3v) is 4.62. The molecule has 0 spiro atoms. The van der Waals surface area contributed by atoms with Crippen LogP contribution in [0.5, 0.6) is 5.75 Å². The monoisotopic (exact) mass is 419 g/mol. The Kier molecular flexibility index (Phi) is 7.79. The molecule has 3 aromatic rings. The minimum Gasteiger partial charge on any atom is -0.488 e. The van der Waals surface area contributed by atoms with Crippen LogP contribution in [0.15, 0.2) is 84.9 Å². The van der Waals surface area contributed by atoms with Crippen molar-refractivity contribution in [2.75, 3.05) is 0 Å². The first-order chi connectivity index (χ1) is 15.0. The highest BCUT2D eigenvalue weighted by Gasteiger charge is 2.28. The maximum absolute atomic E-state index is 12.9. The molecule has 2 atom stereocenters. The summed E-state index contributed by atoms with van der Waals surface area (Å²) in [4.78, 5) is 25.4. The molecule has 1 amide bonds. The highest BCUT2D eigenvalue weighted by molar-refractivity contribution is 5.99. The van der Waals surface area contributed by atoms with E-state index in [0.717, 1.165) is 11.1 Å². The summed E-state index contributed by atoms with van der Waals surface area (Å²) in [6, 6.07) is 24.3. The summed E-state index contributed by atoms with van der Waals surface area (Å²) in [6.45, 7) is 1.77. The van der Waals surface area contributed by atoms with Crippen LogP contribution in [0.25, 0.3) is 0 Å². The van der Waals surface area contributed by atoms with Crippen LogP contribution in [0.1, 0.15) is 28.4 Å². The first kappa shape index (κ1) is 22.1. The van der Waals surface area contributed by atoms with Crippen LogP contribution in [0.3, 0.4) is 0 Å². The van der Waals surface area contributed by atoms with Crippen molar-refractivity contribution in [2.24, 2.45) is 0 Å². The lowest BCUT2D eigenvalue weighted by Crippen LogP contribution is -2.48. The Morgan fingerprint density at radius 2 is 1.39 bits per heavy atom. The molecular formula is C25H25NO5. The van der Waals surface area contributed by atoms with Crippen LogP contribution >= 0.6 is 0 Å². The number of ether oxygens (including phenoxy) is 2. The molecule has 0 bridgehead atoms. The van der Waals surface area contributed by atoms with Gasteiger partial charge in [0.25, 0.3) is 5.91 Å². The van der Waals surface area contributed by atoms with Crippen molar-refractivity contribution in [2.45, 2.75) is 32.3 Å². The standard InChI is InChI=1S/C25H25NO5/c1-18(27)23(25(29)31-17-20-12-6-3-7-13-20)26-24(28)21-14-8-9-15-22(21)30-16-19-10-4-2-5-11-19/h2-15,18,23,27H,16-17H2,1H3,(H,26,28). The lowest BCUT2D eigenvalue weighted by atomic mass is 10.1. The molecule has 0 radical (unpaired) electrons. The Balaban J connectivity index is 1.65. The number of esters is 1. The molecule has 6 nitrogen and oxygen atoms in total. The van der Waals surface area contributed by atoms with E-state index in [9.17, 15) is 14.7 Å². The number of carbonyl (C=O) groups excluding carboxylic acids is 2. The molecular weight excluding hydrogens is 394 g/mol. The van der Waals surface area contributed by atoms with E-state index in [-0.39, 0.29) is 12.2 Å². The zero-order valence-electron chi connectivity index (χ0n) is 17.2. The Bertz CT molecular complexity index is 989. The maximum Gasteiger partial charge on any atom is 0.331 e. The average molecular weight is 419 g/mol. The van der Waals surface area contributed by atoms with Gasteiger partial charge in [0.2, 0.25) is 0 Å². The van der Waals surface area contributed by atoms with Crippen molar-refractivity contribution in [3.63, 3.8) is 0 Å². The number of rotatable bonds is 9. The van der Waals surface area contributed by atoms with E-state index in [2.05, 4.69) is 5.32 Å². The molecule has 0 saturated carbocycles. The van der Waals surface area contributed by atoms with Crippen LogP contribution in [0, 0.1) is 0 Å². The van der Waals surface area contributed by atoms with Crippen LogP contribution in [-0.4, -0.2) is 29.1 Å². The molecule has 160 valence electrons. The van der Waals surface area contributed by atoms with E-state index < -0.39 is 24.0 Å². The van der Waals surface area contributed by atoms with Gasteiger partial charge in [-0.05, 0) is 30.2 Å². The van der Waals surface area contributed by atoms with Crippen molar-refractivity contribution < 1.29 is 24.2 Å². The van der Waals surface area contributed by atoms with Crippen LogP contribution in [0.4, 0.5) is 0 Å². The molecule has 2 N–H and O–H groups in total. The van der Waals surface area contributed by atoms with Gasteiger partial charge in [-0.15, -0.1) is 0 Å². The zero-order valence-corrected chi connectivity index (χ0v) is 17.2. The summed E-state index contributed by atoms with van der Waals surface area (Å²) < 4.78 is 11.1. The molecule has 0 aromatic heterocycles. The SMILES string of the molecule is CC(O)C(NC(=O)c1ccccc1OCc1ccccc1)C(=O)OCc1ccccc1. The summed E-state index contributed by atoms with van der Waals surface area (Å²) in [6.07, 6.45) is -1.13. The first-order valence-electron chi connectivity index (χ1n) is 10.00. The van der Waals surface area contributed by atoms with E-state index >= 15 is 0 Å². The van der Waals surface area contributed by atoms with Crippen molar-refractivity contribution in [3.8, 4) is 5.75 Å². The molecule has 0 aliphatic rings. The number of nitrogens with one attached hydrogen (secondary N) is 1. The summed E-state index contributed by atoms with van der Waals surface area (Å²) in [7, 11) is 0. The minimum atomic E-state index is -1.21. The van der Waals surface area contributed by atoms with Crippen molar-refractivity contribution in [1.29, 1.82) is 0 Å². The van der Waals surface area contributed by atoms with Crippen LogP contribution in [-0.2, 0) is 22.7 Å². The largest absolute Gasteiger partial charge is 0.488 e. The highest BCUT2D eigenvalue weighted by atomic mass is 16.5. The number of hydrogen-bond donors (Lipinski definition) is 2. The normalized spacial score (nSPS) is 12.5. The lowest BCUT2D eigenvalue weighted by molar-refractivity contribution is -0.150. The molecule has 2 unspecified atom stereocenters. The zero-order chi connectivity index (χ0) is 22.1. The molecule has 0 heterocycles. The van der Waals surface area contributed by atoms with Gasteiger partial charge in [0.1, 0.15) is 19.0 Å². The van der Waals surface area contributed by atoms with Gasteiger partial charge in [-0.3, -0.25) is 4.79 Å². The highest BCUT2D eigenvalue weighted by Crippen LogP contribution is 2.20. The minimum absolute atomic E-state index is 0.0511. The molecule has 6 heteroatoms. The molecule has 0 fully saturated rings. The molecule has 31 heavy (non-hydrogen) atoms. The van der Waals surface area contributed by atoms with E-state index in [1.54, 1.807) is 24.3 Å². The smallest absolute Gasteiger partial charge is 0.331 e. The predicted molar refractivity (Wildman–Crippen MR) is 116 cm³/mol. The number of aliphatic hydroxyl groups excluding tert-OH is 1. The quantitative estimate of drug-likeness (QED) is 0.519. The fourth-order valence-corrected chi connectivity index (χ4v) is 2.93. The second-order valence-electron chi connectivity index (χ2n) is 7.06. The third kappa shape index (κ3) is 6.42. The summed E-state index contributed by atoms with van der Waals surface area (Å²) in [5, 5.41) is 12.6. The Labute approximate surface area is 181 Å². The second kappa shape index (κ2) is 10.9. The van der Waals surface area contributed by atoms with E-state index in [0.29, 0.717) is 12.4 Å². The van der Waals surface area contributed by atoms with Gasteiger partial charge < -0.3 is 19.9 Å². The number of benzene rings is 3. The summed E-state index contributed by atoms with van der Waals surface area (Å²) in [5.41, 5.74) is 2.04. The third-order valence-electron chi connectivity index (χ3n) is 4.62. The molecule has 0 saturated heterocycles. The summed E-state index contributed by atoms with van der Waals surface area (Å²) in [5.74, 6) is -0.869. The van der Waals surface area contributed by atoms with Gasteiger partial charge >= 0.3 is 5.97 Å². The molecule has 0 aliphatic heterocycles. The van der Waals surface area contributed by atoms with E-state index in [1.165, 1.54) is 6.92 Å². The van der Waals surface area contributed by atoms with Crippen molar-refractivity contribution in [3.05, 3.63) is 102 Å². The molecule has 0 aliphatic carbocycles. The topological polar surface area (TPSA) is 84.9 Å². The van der Waals surface area contributed by atoms with Gasteiger partial charge in [0, 0.05) is 0 Å².